The maximum atomic E-state index is 13.0. The van der Waals surface area contributed by atoms with Gasteiger partial charge in [0.25, 0.3) is 0 Å². The van der Waals surface area contributed by atoms with Gasteiger partial charge in [-0.05, 0) is 35.9 Å². The van der Waals surface area contributed by atoms with Gasteiger partial charge in [-0.25, -0.2) is 0 Å². The zero-order chi connectivity index (χ0) is 22.2. The number of anilines is 1. The largest absolute Gasteiger partial charge is 0.497 e. The van der Waals surface area contributed by atoms with Crippen molar-refractivity contribution in [3.05, 3.63) is 77.9 Å². The Morgan fingerprint density at radius 3 is 2.45 bits per heavy atom. The molecule has 4 rings (SSSR count). The highest BCUT2D eigenvalue weighted by Gasteiger charge is 2.44. The summed E-state index contributed by atoms with van der Waals surface area (Å²) in [6.07, 6.45) is -5.71. The fraction of sp³-hybridized carbons (Fsp3) is 0.174. The van der Waals surface area contributed by atoms with E-state index in [0.717, 1.165) is 23.8 Å². The molecule has 0 aromatic heterocycles. The summed E-state index contributed by atoms with van der Waals surface area (Å²) < 4.78 is 50.6. The van der Waals surface area contributed by atoms with Crippen LogP contribution in [0, 0.1) is 0 Å². The molecule has 3 aromatic rings. The van der Waals surface area contributed by atoms with Gasteiger partial charge in [-0.2, -0.15) is 18.2 Å². The van der Waals surface area contributed by atoms with Crippen LogP contribution in [0.15, 0.2) is 66.7 Å². The van der Waals surface area contributed by atoms with E-state index in [1.165, 1.54) is 12.1 Å². The van der Waals surface area contributed by atoms with Gasteiger partial charge in [0.15, 0.2) is 0 Å². The fourth-order valence-electron chi connectivity index (χ4n) is 3.59. The summed E-state index contributed by atoms with van der Waals surface area (Å²) in [7, 11) is 2.55. The number of hydrogen-bond acceptors (Lipinski definition) is 4. The molecule has 1 amide bonds. The summed E-state index contributed by atoms with van der Waals surface area (Å²) in [5.41, 5.74) is 2.88. The number of hydrogen-bond donors (Lipinski definition) is 0. The molecule has 0 aliphatic carbocycles. The molecule has 0 saturated heterocycles. The normalized spacial score (nSPS) is 14.8. The predicted molar refractivity (Wildman–Crippen MR) is 108 cm³/mol. The third kappa shape index (κ3) is 3.82. The molecule has 160 valence electrons. The van der Waals surface area contributed by atoms with E-state index >= 15 is 0 Å². The van der Waals surface area contributed by atoms with Gasteiger partial charge in [0.2, 0.25) is 0 Å². The highest BCUT2D eigenvalue weighted by molar-refractivity contribution is 5.96. The molecule has 5 nitrogen and oxygen atoms in total. The highest BCUT2D eigenvalue weighted by Crippen LogP contribution is 2.46. The molecule has 3 aromatic carbocycles. The molecule has 8 heteroatoms. The molecule has 1 heterocycles. The van der Waals surface area contributed by atoms with Crippen LogP contribution in [-0.4, -0.2) is 26.3 Å². The van der Waals surface area contributed by atoms with Gasteiger partial charge >= 0.3 is 12.1 Å². The third-order valence-electron chi connectivity index (χ3n) is 4.98. The van der Waals surface area contributed by atoms with E-state index < -0.39 is 18.2 Å². The van der Waals surface area contributed by atoms with Crippen molar-refractivity contribution in [1.29, 1.82) is 0 Å². The van der Waals surface area contributed by atoms with Gasteiger partial charge in [0.05, 0.1) is 19.9 Å². The average molecular weight is 429 g/mol. The van der Waals surface area contributed by atoms with E-state index in [0.29, 0.717) is 17.1 Å². The molecule has 31 heavy (non-hydrogen) atoms. The monoisotopic (exact) mass is 429 g/mol. The summed E-state index contributed by atoms with van der Waals surface area (Å²) in [5, 5.41) is 0.226. The van der Waals surface area contributed by atoms with Crippen LogP contribution in [0.3, 0.4) is 0 Å². The standard InChI is InChI=1S/C23H18F3NO4/c1-29-16-7-5-6-14(12-16)21-19-13-15(27(30-2)22(28)23(24,25)26)10-11-17(19)18-8-3-4-9-20(18)31-21/h3-13,21H,1-2H3. The zero-order valence-corrected chi connectivity index (χ0v) is 16.6. The van der Waals surface area contributed by atoms with Crippen molar-refractivity contribution in [3.63, 3.8) is 0 Å². The Hall–Kier alpha value is -3.52. The Morgan fingerprint density at radius 1 is 0.968 bits per heavy atom. The van der Waals surface area contributed by atoms with Crippen LogP contribution in [0.2, 0.25) is 0 Å². The Morgan fingerprint density at radius 2 is 1.74 bits per heavy atom. The number of methoxy groups -OCH3 is 1. The molecule has 0 bridgehead atoms. The lowest BCUT2D eigenvalue weighted by molar-refractivity contribution is -0.177. The number of ether oxygens (including phenoxy) is 2. The van der Waals surface area contributed by atoms with E-state index in [1.54, 1.807) is 31.4 Å². The van der Waals surface area contributed by atoms with Crippen molar-refractivity contribution in [2.45, 2.75) is 12.3 Å². The van der Waals surface area contributed by atoms with Crippen molar-refractivity contribution >= 4 is 11.6 Å². The first-order chi connectivity index (χ1) is 14.8. The molecule has 0 spiro atoms. The second kappa shape index (κ2) is 7.96. The Labute approximate surface area is 176 Å². The molecule has 0 radical (unpaired) electrons. The molecule has 0 fully saturated rings. The van der Waals surface area contributed by atoms with Crippen LogP contribution in [0.4, 0.5) is 18.9 Å². The van der Waals surface area contributed by atoms with Crippen LogP contribution < -0.4 is 14.5 Å². The summed E-state index contributed by atoms with van der Waals surface area (Å²) in [4.78, 5) is 16.6. The van der Waals surface area contributed by atoms with E-state index in [4.69, 9.17) is 14.3 Å². The summed E-state index contributed by atoms with van der Waals surface area (Å²) in [5.74, 6) is -0.862. The van der Waals surface area contributed by atoms with E-state index in [2.05, 4.69) is 0 Å². The van der Waals surface area contributed by atoms with Crippen molar-refractivity contribution < 1.29 is 32.3 Å². The number of rotatable bonds is 4. The summed E-state index contributed by atoms with van der Waals surface area (Å²) >= 11 is 0. The van der Waals surface area contributed by atoms with E-state index in [1.807, 2.05) is 30.3 Å². The molecular formula is C23H18F3NO4. The minimum atomic E-state index is -5.08. The Bertz CT molecular complexity index is 1130. The first-order valence-corrected chi connectivity index (χ1v) is 9.33. The van der Waals surface area contributed by atoms with Crippen molar-refractivity contribution in [1.82, 2.24) is 0 Å². The smallest absolute Gasteiger partial charge is 0.473 e. The minimum Gasteiger partial charge on any atom is -0.497 e. The van der Waals surface area contributed by atoms with Crippen LogP contribution in [-0.2, 0) is 9.63 Å². The first-order valence-electron chi connectivity index (χ1n) is 9.33. The van der Waals surface area contributed by atoms with Crippen LogP contribution in [0.1, 0.15) is 17.2 Å². The molecule has 0 saturated carbocycles. The Kier molecular flexibility index (Phi) is 5.32. The first kappa shape index (κ1) is 20.7. The van der Waals surface area contributed by atoms with Crippen molar-refractivity contribution in [2.24, 2.45) is 0 Å². The molecule has 1 unspecified atom stereocenters. The van der Waals surface area contributed by atoms with Crippen LogP contribution in [0.5, 0.6) is 11.5 Å². The fourth-order valence-corrected chi connectivity index (χ4v) is 3.59. The van der Waals surface area contributed by atoms with Gasteiger partial charge in [0, 0.05) is 16.7 Å². The Balaban J connectivity index is 1.87. The second-order valence-corrected chi connectivity index (χ2v) is 6.82. The summed E-state index contributed by atoms with van der Waals surface area (Å²) in [6, 6.07) is 19.2. The molecule has 1 aliphatic heterocycles. The van der Waals surface area contributed by atoms with Gasteiger partial charge in [-0.3, -0.25) is 9.63 Å². The minimum absolute atomic E-state index is 0.0561. The van der Waals surface area contributed by atoms with Gasteiger partial charge in [-0.15, -0.1) is 0 Å². The number of carbonyl (C=O) groups is 1. The number of halogens is 3. The average Bonchev–Trinajstić information content (AvgIpc) is 2.78. The lowest BCUT2D eigenvalue weighted by Crippen LogP contribution is -2.40. The maximum absolute atomic E-state index is 13.0. The SMILES string of the molecule is COc1cccc(C2Oc3ccccc3-c3ccc(N(OC)C(=O)C(F)(F)F)cc32)c1. The molecule has 0 N–H and O–H groups in total. The predicted octanol–water partition coefficient (Wildman–Crippen LogP) is 5.30. The number of hydroxylamine groups is 1. The number of nitrogens with zero attached hydrogens (tertiary/aromatic N) is 1. The molecule has 1 aliphatic rings. The van der Waals surface area contributed by atoms with Crippen LogP contribution in [0.25, 0.3) is 11.1 Å². The van der Waals surface area contributed by atoms with Gasteiger partial charge < -0.3 is 9.47 Å². The number of benzene rings is 3. The van der Waals surface area contributed by atoms with Gasteiger partial charge in [0.1, 0.15) is 17.6 Å². The van der Waals surface area contributed by atoms with Crippen LogP contribution >= 0.6 is 0 Å². The van der Waals surface area contributed by atoms with Crippen molar-refractivity contribution in [2.75, 3.05) is 19.3 Å². The number of para-hydroxylation sites is 1. The van der Waals surface area contributed by atoms with E-state index in [9.17, 15) is 18.0 Å². The molecule has 1 atom stereocenters. The third-order valence-corrected chi connectivity index (χ3v) is 4.98. The number of fused-ring (bicyclic) bond motifs is 3. The topological polar surface area (TPSA) is 48.0 Å². The second-order valence-electron chi connectivity index (χ2n) is 6.82. The number of amides is 1. The quantitative estimate of drug-likeness (QED) is 0.528. The number of carbonyl (C=O) groups excluding carboxylic acids is 1. The van der Waals surface area contributed by atoms with Gasteiger partial charge in [-0.1, -0.05) is 36.4 Å². The maximum Gasteiger partial charge on any atom is 0.473 e. The van der Waals surface area contributed by atoms with E-state index in [-0.39, 0.29) is 10.8 Å². The molecular weight excluding hydrogens is 411 g/mol. The lowest BCUT2D eigenvalue weighted by Gasteiger charge is -2.31. The zero-order valence-electron chi connectivity index (χ0n) is 16.6. The number of alkyl halides is 3. The van der Waals surface area contributed by atoms with Crippen molar-refractivity contribution in [3.8, 4) is 22.6 Å². The summed E-state index contributed by atoms with van der Waals surface area (Å²) in [6.45, 7) is 0. The highest BCUT2D eigenvalue weighted by atomic mass is 19.4. The lowest BCUT2D eigenvalue weighted by atomic mass is 9.89.